The van der Waals surface area contributed by atoms with Gasteiger partial charge in [-0.3, -0.25) is 4.79 Å². The molecule has 0 amide bonds. The van der Waals surface area contributed by atoms with Crippen molar-refractivity contribution in [3.8, 4) is 11.8 Å². The number of benzene rings is 4. The quantitative estimate of drug-likeness (QED) is 0.329. The molecule has 0 aromatic heterocycles. The largest absolute Gasteiger partial charge is 0.497 e. The lowest BCUT2D eigenvalue weighted by atomic mass is 9.77. The molecule has 0 radical (unpaired) electrons. The lowest BCUT2D eigenvalue weighted by molar-refractivity contribution is 0.0971. The summed E-state index contributed by atoms with van der Waals surface area (Å²) in [6.07, 6.45) is 0.235. The molecule has 4 aromatic carbocycles. The minimum atomic E-state index is -0.456. The van der Waals surface area contributed by atoms with Gasteiger partial charge in [0, 0.05) is 17.9 Å². The molecule has 3 nitrogen and oxygen atoms in total. The number of Topliss-reactive ketones (excluding diaryl/α,β-unsaturated/α-hetero) is 1. The Hall–Kier alpha value is -3.90. The number of ether oxygens (including phenoxy) is 1. The first-order chi connectivity index (χ1) is 15.2. The van der Waals surface area contributed by atoms with Crippen molar-refractivity contribution < 1.29 is 9.53 Å². The number of carbonyl (C=O) groups is 1. The van der Waals surface area contributed by atoms with Gasteiger partial charge in [0.2, 0.25) is 0 Å². The molecule has 152 valence electrons. The maximum Gasteiger partial charge on any atom is 0.163 e. The molecule has 3 heteroatoms. The van der Waals surface area contributed by atoms with Crippen LogP contribution in [0.3, 0.4) is 0 Å². The summed E-state index contributed by atoms with van der Waals surface area (Å²) in [5.74, 6) is -0.0833. The third-order valence-corrected chi connectivity index (χ3v) is 5.72. The molecule has 0 aliphatic heterocycles. The Kier molecular flexibility index (Phi) is 6.10. The molecule has 4 aromatic rings. The highest BCUT2D eigenvalue weighted by atomic mass is 16.5. The van der Waals surface area contributed by atoms with Gasteiger partial charge < -0.3 is 4.74 Å². The van der Waals surface area contributed by atoms with Crippen molar-refractivity contribution in [3.05, 3.63) is 114 Å². The molecular weight excluding hydrogens is 382 g/mol. The zero-order valence-corrected chi connectivity index (χ0v) is 17.4. The van der Waals surface area contributed by atoms with Gasteiger partial charge in [0.15, 0.2) is 5.78 Å². The summed E-state index contributed by atoms with van der Waals surface area (Å²) in [4.78, 5) is 13.2. The molecule has 4 rings (SSSR count). The number of nitrogens with zero attached hydrogens (tertiary/aromatic N) is 1. The minimum Gasteiger partial charge on any atom is -0.497 e. The Morgan fingerprint density at radius 3 is 2.39 bits per heavy atom. The van der Waals surface area contributed by atoms with E-state index >= 15 is 0 Å². The molecule has 0 heterocycles. The average molecular weight is 405 g/mol. The van der Waals surface area contributed by atoms with Crippen molar-refractivity contribution in [1.82, 2.24) is 0 Å². The predicted molar refractivity (Wildman–Crippen MR) is 123 cm³/mol. The molecule has 0 saturated heterocycles. The van der Waals surface area contributed by atoms with Crippen LogP contribution >= 0.6 is 0 Å². The van der Waals surface area contributed by atoms with Crippen molar-refractivity contribution in [3.63, 3.8) is 0 Å². The molecule has 0 saturated carbocycles. The lowest BCUT2D eigenvalue weighted by Crippen LogP contribution is -2.15. The molecule has 0 aliphatic rings. The van der Waals surface area contributed by atoms with Gasteiger partial charge in [-0.25, -0.2) is 0 Å². The topological polar surface area (TPSA) is 50.1 Å². The zero-order valence-electron chi connectivity index (χ0n) is 17.4. The summed E-state index contributed by atoms with van der Waals surface area (Å²) < 4.78 is 5.28. The Balaban J connectivity index is 1.77. The number of nitriles is 1. The molecule has 0 N–H and O–H groups in total. The average Bonchev–Trinajstić information content (AvgIpc) is 2.84. The van der Waals surface area contributed by atoms with Crippen LogP contribution in [0.4, 0.5) is 0 Å². The van der Waals surface area contributed by atoms with Crippen LogP contribution in [0.15, 0.2) is 97.1 Å². The third-order valence-electron chi connectivity index (χ3n) is 5.72. The van der Waals surface area contributed by atoms with E-state index in [-0.39, 0.29) is 18.1 Å². The normalized spacial score (nSPS) is 12.6. The maximum atomic E-state index is 13.2. The van der Waals surface area contributed by atoms with E-state index in [9.17, 15) is 10.1 Å². The van der Waals surface area contributed by atoms with Crippen LogP contribution in [0.1, 0.15) is 39.7 Å². The summed E-state index contributed by atoms with van der Waals surface area (Å²) in [6.45, 7) is 0. The highest BCUT2D eigenvalue weighted by Gasteiger charge is 2.29. The number of hydrogen-bond donors (Lipinski definition) is 0. The number of ketones is 1. The molecular formula is C28H23NO2. The Morgan fingerprint density at radius 2 is 1.61 bits per heavy atom. The number of fused-ring (bicyclic) bond motifs is 1. The van der Waals surface area contributed by atoms with E-state index in [1.165, 1.54) is 0 Å². The fraction of sp³-hybridized carbons (Fsp3) is 0.143. The molecule has 0 unspecified atom stereocenters. The molecule has 0 spiro atoms. The van der Waals surface area contributed by atoms with E-state index < -0.39 is 5.92 Å². The molecule has 0 fully saturated rings. The van der Waals surface area contributed by atoms with E-state index in [2.05, 4.69) is 6.07 Å². The fourth-order valence-electron chi connectivity index (χ4n) is 4.14. The second-order valence-corrected chi connectivity index (χ2v) is 7.55. The maximum absolute atomic E-state index is 13.2. The third kappa shape index (κ3) is 4.34. The van der Waals surface area contributed by atoms with Gasteiger partial charge in [-0.2, -0.15) is 5.26 Å². The summed E-state index contributed by atoms with van der Waals surface area (Å²) in [7, 11) is 1.59. The van der Waals surface area contributed by atoms with Gasteiger partial charge in [-0.05, 0) is 34.0 Å². The van der Waals surface area contributed by atoms with Crippen molar-refractivity contribution >= 4 is 16.6 Å². The smallest absolute Gasteiger partial charge is 0.163 e. The summed E-state index contributed by atoms with van der Waals surface area (Å²) >= 11 is 0. The van der Waals surface area contributed by atoms with Crippen LogP contribution in [0.5, 0.6) is 5.75 Å². The van der Waals surface area contributed by atoms with Crippen LogP contribution in [0.25, 0.3) is 10.8 Å². The highest BCUT2D eigenvalue weighted by molar-refractivity contribution is 5.97. The SMILES string of the molecule is COc1cccc(C(=O)C[C@H](c2ccccc2)[C@@H](C#N)c2cccc3ccccc23)c1. The van der Waals surface area contributed by atoms with Crippen LogP contribution in [-0.2, 0) is 0 Å². The van der Waals surface area contributed by atoms with Crippen molar-refractivity contribution in [1.29, 1.82) is 5.26 Å². The van der Waals surface area contributed by atoms with Crippen molar-refractivity contribution in [2.24, 2.45) is 0 Å². The minimum absolute atomic E-state index is 0.00626. The second kappa shape index (κ2) is 9.28. The molecule has 2 atom stereocenters. The Morgan fingerprint density at radius 1 is 0.903 bits per heavy atom. The fourth-order valence-corrected chi connectivity index (χ4v) is 4.14. The summed E-state index contributed by atoms with van der Waals surface area (Å²) in [5, 5.41) is 12.4. The van der Waals surface area contributed by atoms with Crippen molar-refractivity contribution in [2.45, 2.75) is 18.3 Å². The molecule has 0 aliphatic carbocycles. The van der Waals surface area contributed by atoms with Crippen LogP contribution in [0, 0.1) is 11.3 Å². The van der Waals surface area contributed by atoms with E-state index in [1.54, 1.807) is 19.2 Å². The van der Waals surface area contributed by atoms with E-state index in [1.807, 2.05) is 84.9 Å². The summed E-state index contributed by atoms with van der Waals surface area (Å²) in [5.41, 5.74) is 2.53. The van der Waals surface area contributed by atoms with Gasteiger partial charge in [0.25, 0.3) is 0 Å². The van der Waals surface area contributed by atoms with Crippen LogP contribution < -0.4 is 4.74 Å². The standard InChI is InChI=1S/C28H23NO2/c1-31-23-14-7-13-22(17-23)28(30)18-26(21-9-3-2-4-10-21)27(19-29)25-16-8-12-20-11-5-6-15-24(20)25/h2-17,26-27H,18H2,1H3/t26-,27+/m1/s1. The van der Waals surface area contributed by atoms with Crippen LogP contribution in [0.2, 0.25) is 0 Å². The lowest BCUT2D eigenvalue weighted by Gasteiger charge is -2.24. The summed E-state index contributed by atoms with van der Waals surface area (Å²) in [6, 6.07) is 33.7. The van der Waals surface area contributed by atoms with Gasteiger partial charge in [0.1, 0.15) is 5.75 Å². The number of hydrogen-bond acceptors (Lipinski definition) is 3. The first-order valence-electron chi connectivity index (χ1n) is 10.3. The van der Waals surface area contributed by atoms with Gasteiger partial charge in [0.05, 0.1) is 19.1 Å². The van der Waals surface area contributed by atoms with Crippen molar-refractivity contribution in [2.75, 3.05) is 7.11 Å². The Labute approximate surface area is 182 Å². The first kappa shape index (κ1) is 20.4. The van der Waals surface area contributed by atoms with Gasteiger partial charge in [-0.15, -0.1) is 0 Å². The monoisotopic (exact) mass is 405 g/mol. The van der Waals surface area contributed by atoms with E-state index in [4.69, 9.17) is 4.74 Å². The molecule has 31 heavy (non-hydrogen) atoms. The number of rotatable bonds is 7. The van der Waals surface area contributed by atoms with E-state index in [0.717, 1.165) is 21.9 Å². The zero-order chi connectivity index (χ0) is 21.6. The first-order valence-corrected chi connectivity index (χ1v) is 10.3. The van der Waals surface area contributed by atoms with Crippen LogP contribution in [-0.4, -0.2) is 12.9 Å². The predicted octanol–water partition coefficient (Wildman–Crippen LogP) is 6.51. The van der Waals surface area contributed by atoms with Gasteiger partial charge in [-0.1, -0.05) is 84.9 Å². The van der Waals surface area contributed by atoms with E-state index in [0.29, 0.717) is 11.3 Å². The number of carbonyl (C=O) groups excluding carboxylic acids is 1. The molecule has 0 bridgehead atoms. The second-order valence-electron chi connectivity index (χ2n) is 7.55. The van der Waals surface area contributed by atoms with Gasteiger partial charge >= 0.3 is 0 Å². The number of methoxy groups -OCH3 is 1. The highest BCUT2D eigenvalue weighted by Crippen LogP contribution is 2.39. The Bertz CT molecular complexity index is 1240.